The molecule has 8 heteroatoms. The second-order valence-corrected chi connectivity index (χ2v) is 7.64. The molecule has 0 radical (unpaired) electrons. The van der Waals surface area contributed by atoms with Crippen LogP contribution in [-0.2, 0) is 10.0 Å². The summed E-state index contributed by atoms with van der Waals surface area (Å²) in [5, 5.41) is 10.4. The van der Waals surface area contributed by atoms with Crippen molar-refractivity contribution < 1.29 is 27.7 Å². The Labute approximate surface area is 153 Å². The first kappa shape index (κ1) is 20.0. The second-order valence-electron chi connectivity index (χ2n) is 5.59. The molecular formula is C18H23NO6S. The Bertz CT molecular complexity index is 853. The standard InChI is InChI=1S/C18H23NO6S/c1-19(12-16(20)13-6-5-7-14(10-13)23-2)26(21,22)15-8-9-17(24-3)18(11-15)25-4/h5-11,16,20H,12H2,1-4H3. The Morgan fingerprint density at radius 2 is 1.69 bits per heavy atom. The minimum atomic E-state index is -3.81. The molecule has 1 N–H and O–H groups in total. The van der Waals surface area contributed by atoms with Crippen LogP contribution in [0.15, 0.2) is 47.4 Å². The van der Waals surface area contributed by atoms with Gasteiger partial charge in [-0.2, -0.15) is 4.31 Å². The summed E-state index contributed by atoms with van der Waals surface area (Å²) in [7, 11) is 2.04. The molecule has 0 amide bonds. The summed E-state index contributed by atoms with van der Waals surface area (Å²) < 4.78 is 42.1. The molecule has 2 aromatic rings. The molecule has 2 aromatic carbocycles. The SMILES string of the molecule is COc1cccc(C(O)CN(C)S(=O)(=O)c2ccc(OC)c(OC)c2)c1. The maximum atomic E-state index is 12.8. The quantitative estimate of drug-likeness (QED) is 0.753. The third-order valence-corrected chi connectivity index (χ3v) is 5.79. The van der Waals surface area contributed by atoms with E-state index in [1.165, 1.54) is 46.6 Å². The van der Waals surface area contributed by atoms with Crippen LogP contribution in [0.1, 0.15) is 11.7 Å². The van der Waals surface area contributed by atoms with Gasteiger partial charge < -0.3 is 19.3 Å². The lowest BCUT2D eigenvalue weighted by Gasteiger charge is -2.21. The van der Waals surface area contributed by atoms with E-state index < -0.39 is 16.1 Å². The Balaban J connectivity index is 2.23. The van der Waals surface area contributed by atoms with Crippen molar-refractivity contribution in [2.24, 2.45) is 0 Å². The van der Waals surface area contributed by atoms with Crippen LogP contribution >= 0.6 is 0 Å². The fourth-order valence-electron chi connectivity index (χ4n) is 2.45. The lowest BCUT2D eigenvalue weighted by molar-refractivity contribution is 0.154. The summed E-state index contributed by atoms with van der Waals surface area (Å²) in [5.74, 6) is 1.34. The van der Waals surface area contributed by atoms with Gasteiger partial charge in [-0.05, 0) is 29.8 Å². The normalized spacial score (nSPS) is 12.7. The molecule has 0 saturated heterocycles. The van der Waals surface area contributed by atoms with E-state index in [0.29, 0.717) is 22.8 Å². The van der Waals surface area contributed by atoms with Crippen LogP contribution in [0.4, 0.5) is 0 Å². The van der Waals surface area contributed by atoms with E-state index in [9.17, 15) is 13.5 Å². The van der Waals surface area contributed by atoms with Gasteiger partial charge in [0.05, 0.1) is 32.3 Å². The number of rotatable bonds is 8. The van der Waals surface area contributed by atoms with Crippen molar-refractivity contribution in [2.75, 3.05) is 34.9 Å². The smallest absolute Gasteiger partial charge is 0.243 e. The summed E-state index contributed by atoms with van der Waals surface area (Å²) in [6, 6.07) is 11.2. The lowest BCUT2D eigenvalue weighted by atomic mass is 10.1. The van der Waals surface area contributed by atoms with Crippen LogP contribution in [0.2, 0.25) is 0 Å². The Kier molecular flexibility index (Phi) is 6.47. The fraction of sp³-hybridized carbons (Fsp3) is 0.333. The van der Waals surface area contributed by atoms with E-state index in [0.717, 1.165) is 4.31 Å². The number of sulfonamides is 1. The van der Waals surface area contributed by atoms with Crippen LogP contribution in [0.3, 0.4) is 0 Å². The maximum absolute atomic E-state index is 12.8. The molecule has 0 spiro atoms. The molecule has 2 rings (SSSR count). The molecule has 1 atom stereocenters. The first-order chi connectivity index (χ1) is 12.3. The van der Waals surface area contributed by atoms with E-state index >= 15 is 0 Å². The van der Waals surface area contributed by atoms with Crippen molar-refractivity contribution >= 4 is 10.0 Å². The predicted octanol–water partition coefficient (Wildman–Crippen LogP) is 2.07. The highest BCUT2D eigenvalue weighted by Gasteiger charge is 2.25. The zero-order valence-corrected chi connectivity index (χ0v) is 16.0. The third kappa shape index (κ3) is 4.27. The summed E-state index contributed by atoms with van der Waals surface area (Å²) in [6.45, 7) is -0.107. The molecule has 7 nitrogen and oxygen atoms in total. The van der Waals surface area contributed by atoms with Gasteiger partial charge in [-0.1, -0.05) is 12.1 Å². The van der Waals surface area contributed by atoms with Gasteiger partial charge in [0, 0.05) is 19.7 Å². The molecule has 1 unspecified atom stereocenters. The summed E-state index contributed by atoms with van der Waals surface area (Å²) >= 11 is 0. The van der Waals surface area contributed by atoms with Crippen LogP contribution < -0.4 is 14.2 Å². The number of hydrogen-bond donors (Lipinski definition) is 1. The molecule has 0 aliphatic heterocycles. The second kappa shape index (κ2) is 8.39. The maximum Gasteiger partial charge on any atom is 0.243 e. The summed E-state index contributed by atoms with van der Waals surface area (Å²) in [5.41, 5.74) is 0.568. The summed E-state index contributed by atoms with van der Waals surface area (Å²) in [6.07, 6.45) is -0.995. The molecular weight excluding hydrogens is 358 g/mol. The number of hydrogen-bond acceptors (Lipinski definition) is 6. The fourth-order valence-corrected chi connectivity index (χ4v) is 3.65. The molecule has 0 aromatic heterocycles. The number of aliphatic hydroxyl groups is 1. The molecule has 0 aliphatic carbocycles. The van der Waals surface area contributed by atoms with Crippen molar-refractivity contribution in [3.8, 4) is 17.2 Å². The number of methoxy groups -OCH3 is 3. The largest absolute Gasteiger partial charge is 0.497 e. The van der Waals surface area contributed by atoms with E-state index in [2.05, 4.69) is 0 Å². The Morgan fingerprint density at radius 3 is 2.31 bits per heavy atom. The van der Waals surface area contributed by atoms with Crippen molar-refractivity contribution in [1.82, 2.24) is 4.31 Å². The van der Waals surface area contributed by atoms with E-state index in [-0.39, 0.29) is 11.4 Å². The van der Waals surface area contributed by atoms with Crippen LogP contribution in [0.25, 0.3) is 0 Å². The van der Waals surface area contributed by atoms with Gasteiger partial charge in [-0.25, -0.2) is 8.42 Å². The van der Waals surface area contributed by atoms with Gasteiger partial charge in [-0.3, -0.25) is 0 Å². The van der Waals surface area contributed by atoms with Crippen molar-refractivity contribution in [2.45, 2.75) is 11.0 Å². The minimum absolute atomic E-state index is 0.0514. The number of likely N-dealkylation sites (N-methyl/N-ethyl adjacent to an activating group) is 1. The van der Waals surface area contributed by atoms with E-state index in [1.807, 2.05) is 0 Å². The van der Waals surface area contributed by atoms with Gasteiger partial charge in [0.2, 0.25) is 10.0 Å². The zero-order chi connectivity index (χ0) is 19.3. The third-order valence-electron chi connectivity index (χ3n) is 3.97. The van der Waals surface area contributed by atoms with Crippen LogP contribution in [-0.4, -0.2) is 52.8 Å². The molecule has 0 bridgehead atoms. The highest BCUT2D eigenvalue weighted by Crippen LogP contribution is 2.31. The number of benzene rings is 2. The van der Waals surface area contributed by atoms with Gasteiger partial charge in [0.15, 0.2) is 11.5 Å². The average molecular weight is 381 g/mol. The number of ether oxygens (including phenoxy) is 3. The molecule has 0 saturated carbocycles. The first-order valence-electron chi connectivity index (χ1n) is 7.84. The van der Waals surface area contributed by atoms with Gasteiger partial charge in [0.1, 0.15) is 5.75 Å². The Morgan fingerprint density at radius 1 is 1.00 bits per heavy atom. The zero-order valence-electron chi connectivity index (χ0n) is 15.2. The number of aliphatic hydroxyl groups excluding tert-OH is 1. The molecule has 142 valence electrons. The van der Waals surface area contributed by atoms with E-state index in [1.54, 1.807) is 24.3 Å². The first-order valence-corrected chi connectivity index (χ1v) is 9.28. The molecule has 0 fully saturated rings. The molecule has 26 heavy (non-hydrogen) atoms. The lowest BCUT2D eigenvalue weighted by Crippen LogP contribution is -2.31. The predicted molar refractivity (Wildman–Crippen MR) is 97.3 cm³/mol. The van der Waals surface area contributed by atoms with Crippen molar-refractivity contribution in [3.63, 3.8) is 0 Å². The molecule has 0 aliphatic rings. The number of nitrogens with zero attached hydrogens (tertiary/aromatic N) is 1. The molecule has 0 heterocycles. The van der Waals surface area contributed by atoms with Gasteiger partial charge in [-0.15, -0.1) is 0 Å². The van der Waals surface area contributed by atoms with Crippen molar-refractivity contribution in [1.29, 1.82) is 0 Å². The highest BCUT2D eigenvalue weighted by atomic mass is 32.2. The van der Waals surface area contributed by atoms with Gasteiger partial charge >= 0.3 is 0 Å². The Hall–Kier alpha value is -2.29. The average Bonchev–Trinajstić information content (AvgIpc) is 2.67. The topological polar surface area (TPSA) is 85.3 Å². The summed E-state index contributed by atoms with van der Waals surface area (Å²) in [4.78, 5) is 0.0514. The monoisotopic (exact) mass is 381 g/mol. The van der Waals surface area contributed by atoms with Crippen LogP contribution in [0, 0.1) is 0 Å². The highest BCUT2D eigenvalue weighted by molar-refractivity contribution is 7.89. The minimum Gasteiger partial charge on any atom is -0.497 e. The van der Waals surface area contributed by atoms with Crippen molar-refractivity contribution in [3.05, 3.63) is 48.0 Å². The van der Waals surface area contributed by atoms with E-state index in [4.69, 9.17) is 14.2 Å². The van der Waals surface area contributed by atoms with Gasteiger partial charge in [0.25, 0.3) is 0 Å². The van der Waals surface area contributed by atoms with Crippen LogP contribution in [0.5, 0.6) is 17.2 Å².